The summed E-state index contributed by atoms with van der Waals surface area (Å²) in [5.74, 6) is 1.89. The van der Waals surface area contributed by atoms with E-state index in [9.17, 15) is 8.42 Å². The largest absolute Gasteiger partial charge is 0.497 e. The average molecular weight is 541 g/mol. The molecule has 1 aliphatic carbocycles. The number of nitrogens with one attached hydrogen (secondary N) is 2. The molecule has 0 fully saturated rings. The highest BCUT2D eigenvalue weighted by Crippen LogP contribution is 2.52. The first-order valence-corrected chi connectivity index (χ1v) is 13.2. The summed E-state index contributed by atoms with van der Waals surface area (Å²) in [6.07, 6.45) is 5.24. The van der Waals surface area contributed by atoms with Crippen LogP contribution >= 0.6 is 15.9 Å². The molecule has 0 amide bonds. The molecule has 1 aliphatic heterocycles. The molecule has 0 spiro atoms. The van der Waals surface area contributed by atoms with Crippen molar-refractivity contribution in [1.82, 2.24) is 0 Å². The Bertz CT molecular complexity index is 1360. The lowest BCUT2D eigenvalue weighted by Gasteiger charge is -2.38. The minimum Gasteiger partial charge on any atom is -0.497 e. The Morgan fingerprint density at radius 2 is 1.76 bits per heavy atom. The predicted molar refractivity (Wildman–Crippen MR) is 137 cm³/mol. The molecule has 3 aromatic rings. The van der Waals surface area contributed by atoms with Gasteiger partial charge in [0.1, 0.15) is 11.5 Å². The SMILES string of the molecule is COc1ccc(OC)c([C@H]2Nc3ccc(S(=O)(=O)Nc4ccc(Br)cc4)cc3[C@H]3C=CC[C@H]32)c1. The Balaban J connectivity index is 1.50. The van der Waals surface area contributed by atoms with Gasteiger partial charge in [-0.25, -0.2) is 8.42 Å². The van der Waals surface area contributed by atoms with Gasteiger partial charge in [-0.2, -0.15) is 0 Å². The van der Waals surface area contributed by atoms with E-state index in [4.69, 9.17) is 9.47 Å². The van der Waals surface area contributed by atoms with E-state index in [1.807, 2.05) is 24.3 Å². The van der Waals surface area contributed by atoms with E-state index in [2.05, 4.69) is 38.1 Å². The number of ether oxygens (including phenoxy) is 2. The number of rotatable bonds is 6. The first-order chi connectivity index (χ1) is 16.4. The molecule has 8 heteroatoms. The Morgan fingerprint density at radius 3 is 2.50 bits per heavy atom. The van der Waals surface area contributed by atoms with Crippen molar-refractivity contribution in [1.29, 1.82) is 0 Å². The number of methoxy groups -OCH3 is 2. The zero-order valence-electron chi connectivity index (χ0n) is 18.8. The third kappa shape index (κ3) is 4.16. The fourth-order valence-corrected chi connectivity index (χ4v) is 6.22. The topological polar surface area (TPSA) is 76.7 Å². The van der Waals surface area contributed by atoms with Crippen LogP contribution in [0, 0.1) is 5.92 Å². The Hall–Kier alpha value is -2.97. The number of allylic oxidation sites excluding steroid dienone is 2. The van der Waals surface area contributed by atoms with E-state index < -0.39 is 10.0 Å². The van der Waals surface area contributed by atoms with E-state index in [0.29, 0.717) is 5.69 Å². The van der Waals surface area contributed by atoms with Crippen LogP contribution in [-0.4, -0.2) is 22.6 Å². The van der Waals surface area contributed by atoms with Gasteiger partial charge in [-0.15, -0.1) is 0 Å². The Kier molecular flexibility index (Phi) is 6.04. The summed E-state index contributed by atoms with van der Waals surface area (Å²) in [6, 6.07) is 18.2. The molecule has 0 bridgehead atoms. The third-order valence-corrected chi connectivity index (χ3v) is 8.42. The summed E-state index contributed by atoms with van der Waals surface area (Å²) in [5.41, 5.74) is 3.45. The maximum absolute atomic E-state index is 13.1. The number of hydrogen-bond donors (Lipinski definition) is 2. The van der Waals surface area contributed by atoms with Crippen molar-refractivity contribution in [2.45, 2.75) is 23.3 Å². The van der Waals surface area contributed by atoms with Crippen LogP contribution in [0.2, 0.25) is 0 Å². The molecule has 0 saturated carbocycles. The molecule has 176 valence electrons. The molecule has 0 aromatic heterocycles. The summed E-state index contributed by atoms with van der Waals surface area (Å²) in [7, 11) is -0.407. The molecule has 34 heavy (non-hydrogen) atoms. The summed E-state index contributed by atoms with van der Waals surface area (Å²) >= 11 is 3.37. The van der Waals surface area contributed by atoms with Crippen LogP contribution in [0.25, 0.3) is 0 Å². The first-order valence-electron chi connectivity index (χ1n) is 11.0. The van der Waals surface area contributed by atoms with Gasteiger partial charge in [-0.05, 0) is 78.6 Å². The van der Waals surface area contributed by atoms with Crippen molar-refractivity contribution in [3.63, 3.8) is 0 Å². The number of fused-ring (bicyclic) bond motifs is 3. The molecule has 1 heterocycles. The standard InChI is InChI=1S/C26H25BrN2O4S/c1-32-18-10-13-25(33-2)23(14-18)26-21-5-3-4-20(21)22-15-19(11-12-24(22)28-26)34(30,31)29-17-8-6-16(27)7-9-17/h3-4,6-15,20-21,26,28-29H,5H2,1-2H3/t20-,21+,26-/m0/s1. The summed E-state index contributed by atoms with van der Waals surface area (Å²) < 4.78 is 40.9. The molecule has 3 aromatic carbocycles. The van der Waals surface area contributed by atoms with Gasteiger partial charge in [0.25, 0.3) is 10.0 Å². The number of benzene rings is 3. The number of sulfonamides is 1. The van der Waals surface area contributed by atoms with E-state index >= 15 is 0 Å². The van der Waals surface area contributed by atoms with E-state index in [1.54, 1.807) is 50.6 Å². The number of anilines is 2. The zero-order valence-corrected chi connectivity index (χ0v) is 21.2. The third-order valence-electron chi connectivity index (χ3n) is 6.51. The van der Waals surface area contributed by atoms with Crippen molar-refractivity contribution in [2.75, 3.05) is 24.3 Å². The number of hydrogen-bond acceptors (Lipinski definition) is 5. The highest BCUT2D eigenvalue weighted by atomic mass is 79.9. The lowest BCUT2D eigenvalue weighted by atomic mass is 9.77. The highest BCUT2D eigenvalue weighted by Gasteiger charge is 2.39. The second kappa shape index (κ2) is 9.00. The van der Waals surface area contributed by atoms with Crippen LogP contribution in [0.1, 0.15) is 29.5 Å². The van der Waals surface area contributed by atoms with Crippen LogP contribution in [0.5, 0.6) is 11.5 Å². The molecule has 2 N–H and O–H groups in total. The Morgan fingerprint density at radius 1 is 0.971 bits per heavy atom. The van der Waals surface area contributed by atoms with Crippen molar-refractivity contribution >= 4 is 37.3 Å². The first kappa shape index (κ1) is 22.8. The maximum atomic E-state index is 13.1. The fourth-order valence-electron chi connectivity index (χ4n) is 4.86. The van der Waals surface area contributed by atoms with Gasteiger partial charge < -0.3 is 14.8 Å². The molecule has 0 saturated heterocycles. The van der Waals surface area contributed by atoms with E-state index in [-0.39, 0.29) is 22.8 Å². The van der Waals surface area contributed by atoms with E-state index in [1.165, 1.54) is 0 Å². The van der Waals surface area contributed by atoms with Crippen molar-refractivity contribution in [3.05, 3.63) is 88.4 Å². The summed E-state index contributed by atoms with van der Waals surface area (Å²) in [5, 5.41) is 3.65. The fraction of sp³-hybridized carbons (Fsp3) is 0.231. The molecule has 6 nitrogen and oxygen atoms in total. The maximum Gasteiger partial charge on any atom is 0.261 e. The van der Waals surface area contributed by atoms with Gasteiger partial charge in [0.05, 0.1) is 25.2 Å². The second-order valence-electron chi connectivity index (χ2n) is 8.44. The van der Waals surface area contributed by atoms with Crippen molar-refractivity contribution < 1.29 is 17.9 Å². The quantitative estimate of drug-likeness (QED) is 0.369. The predicted octanol–water partition coefficient (Wildman–Crippen LogP) is 6.09. The van der Waals surface area contributed by atoms with Gasteiger partial charge in [0.15, 0.2) is 0 Å². The van der Waals surface area contributed by atoms with Crippen LogP contribution < -0.4 is 19.5 Å². The smallest absolute Gasteiger partial charge is 0.261 e. The molecule has 2 aliphatic rings. The van der Waals surface area contributed by atoms with Crippen LogP contribution in [0.3, 0.4) is 0 Å². The van der Waals surface area contributed by atoms with Gasteiger partial charge in [-0.1, -0.05) is 28.1 Å². The molecule has 3 atom stereocenters. The summed E-state index contributed by atoms with van der Waals surface area (Å²) in [4.78, 5) is 0.243. The van der Waals surface area contributed by atoms with Crippen LogP contribution in [0.15, 0.2) is 82.2 Å². The monoisotopic (exact) mass is 540 g/mol. The molecule has 5 rings (SSSR count). The average Bonchev–Trinajstić information content (AvgIpc) is 3.34. The van der Waals surface area contributed by atoms with E-state index in [0.717, 1.165) is 39.2 Å². The molecular formula is C26H25BrN2O4S. The van der Waals surface area contributed by atoms with Gasteiger partial charge in [-0.3, -0.25) is 4.72 Å². The highest BCUT2D eigenvalue weighted by molar-refractivity contribution is 9.10. The van der Waals surface area contributed by atoms with Crippen LogP contribution in [0.4, 0.5) is 11.4 Å². The van der Waals surface area contributed by atoms with Gasteiger partial charge in [0.2, 0.25) is 0 Å². The van der Waals surface area contributed by atoms with Crippen LogP contribution in [-0.2, 0) is 10.0 Å². The minimum absolute atomic E-state index is 0.000831. The molecule has 0 radical (unpaired) electrons. The second-order valence-corrected chi connectivity index (χ2v) is 11.0. The lowest BCUT2D eigenvalue weighted by Crippen LogP contribution is -2.29. The van der Waals surface area contributed by atoms with Crippen molar-refractivity contribution in [2.24, 2.45) is 5.92 Å². The normalized spacial score (nSPS) is 20.7. The molecule has 0 unspecified atom stereocenters. The minimum atomic E-state index is -3.73. The van der Waals surface area contributed by atoms with Gasteiger partial charge in [0, 0.05) is 27.3 Å². The van der Waals surface area contributed by atoms with Gasteiger partial charge >= 0.3 is 0 Å². The molecular weight excluding hydrogens is 516 g/mol. The summed E-state index contributed by atoms with van der Waals surface area (Å²) in [6.45, 7) is 0. The van der Waals surface area contributed by atoms with Crippen molar-refractivity contribution in [3.8, 4) is 11.5 Å². The Labute approximate surface area is 208 Å². The zero-order chi connectivity index (χ0) is 23.9. The number of halogens is 1. The lowest BCUT2D eigenvalue weighted by molar-refractivity contribution is 0.374.